The molecule has 1 aromatic rings. The molecular formula is C23H31F2NO5. The van der Waals surface area contributed by atoms with Crippen molar-refractivity contribution in [3.63, 3.8) is 0 Å². The Bertz CT molecular complexity index is 832. The second-order valence-electron chi connectivity index (χ2n) is 9.60. The van der Waals surface area contributed by atoms with Gasteiger partial charge in [-0.25, -0.2) is 0 Å². The summed E-state index contributed by atoms with van der Waals surface area (Å²) in [4.78, 5) is 12.4. The molecule has 1 heterocycles. The zero-order valence-electron chi connectivity index (χ0n) is 18.2. The van der Waals surface area contributed by atoms with Crippen LogP contribution in [0.4, 0.5) is 8.78 Å². The van der Waals surface area contributed by atoms with Crippen LogP contribution >= 0.6 is 0 Å². The number of carbonyl (C=O) groups is 1. The molecular weight excluding hydrogens is 408 g/mol. The summed E-state index contributed by atoms with van der Waals surface area (Å²) < 4.78 is 41.8. The van der Waals surface area contributed by atoms with Gasteiger partial charge in [-0.15, -0.1) is 0 Å². The summed E-state index contributed by atoms with van der Waals surface area (Å²) in [6.07, 6.45) is 2.63. The number of hydrogen-bond acceptors (Lipinski definition) is 5. The lowest BCUT2D eigenvalue weighted by Crippen LogP contribution is -2.59. The first kappa shape index (κ1) is 22.3. The van der Waals surface area contributed by atoms with Gasteiger partial charge in [0.05, 0.1) is 19.8 Å². The number of rotatable bonds is 7. The molecule has 4 rings (SSSR count). The highest BCUT2D eigenvalue weighted by atomic mass is 19.3. The zero-order chi connectivity index (χ0) is 22.4. The molecule has 1 amide bonds. The molecule has 0 radical (unpaired) electrons. The number of nitrogens with one attached hydrogen (secondary N) is 1. The summed E-state index contributed by atoms with van der Waals surface area (Å²) in [6.45, 7) is 1.83. The van der Waals surface area contributed by atoms with Crippen LogP contribution in [-0.2, 0) is 9.53 Å². The van der Waals surface area contributed by atoms with Crippen molar-refractivity contribution in [3.8, 4) is 11.5 Å². The number of amides is 1. The molecule has 8 heteroatoms. The summed E-state index contributed by atoms with van der Waals surface area (Å²) in [5.74, 6) is 0.691. The van der Waals surface area contributed by atoms with Gasteiger partial charge in [0.25, 0.3) is 0 Å². The number of aliphatic hydroxyl groups is 1. The number of benzene rings is 1. The molecule has 2 N–H and O–H groups in total. The van der Waals surface area contributed by atoms with E-state index in [1.165, 1.54) is 7.11 Å². The first-order chi connectivity index (χ1) is 14.7. The molecule has 5 atom stereocenters. The van der Waals surface area contributed by atoms with E-state index in [2.05, 4.69) is 23.9 Å². The average molecular weight is 439 g/mol. The maximum Gasteiger partial charge on any atom is 0.387 e. The fourth-order valence-electron chi connectivity index (χ4n) is 6.51. The van der Waals surface area contributed by atoms with Crippen molar-refractivity contribution in [2.24, 2.45) is 22.7 Å². The van der Waals surface area contributed by atoms with Crippen LogP contribution < -0.4 is 14.8 Å². The van der Waals surface area contributed by atoms with Gasteiger partial charge in [0.1, 0.15) is 0 Å². The minimum absolute atomic E-state index is 0.00508. The van der Waals surface area contributed by atoms with Gasteiger partial charge in [0.15, 0.2) is 11.5 Å². The number of halogens is 2. The van der Waals surface area contributed by atoms with Crippen LogP contribution in [-0.4, -0.2) is 44.0 Å². The summed E-state index contributed by atoms with van der Waals surface area (Å²) in [7, 11) is 1.41. The standard InChI is InChI=1S/C23H31F2NO5/c1-22(2)14-11-15-19(13-4-5-16(29-3)17(10-13)31-21(24)25)30-9-7-23(15,12-14)20(22)26-18(28)6-8-27/h4-5,10,14-15,19-21,27H,6-9,11-12H2,1-3H3,(H,26,28)/t14-,15-,19-,20+,23-/m1/s1. The Morgan fingerprint density at radius 3 is 2.81 bits per heavy atom. The van der Waals surface area contributed by atoms with Crippen LogP contribution in [0.2, 0.25) is 0 Å². The molecule has 1 aliphatic heterocycles. The maximum absolute atomic E-state index is 12.9. The Balaban J connectivity index is 1.66. The van der Waals surface area contributed by atoms with E-state index in [-0.39, 0.29) is 59.3 Å². The maximum atomic E-state index is 12.9. The smallest absolute Gasteiger partial charge is 0.387 e. The van der Waals surface area contributed by atoms with Crippen LogP contribution in [0.15, 0.2) is 18.2 Å². The van der Waals surface area contributed by atoms with E-state index >= 15 is 0 Å². The average Bonchev–Trinajstić information content (AvgIpc) is 3.20. The normalized spacial score (nSPS) is 33.3. The minimum Gasteiger partial charge on any atom is -0.493 e. The van der Waals surface area contributed by atoms with Crippen molar-refractivity contribution < 1.29 is 32.9 Å². The van der Waals surface area contributed by atoms with E-state index < -0.39 is 6.61 Å². The molecule has 0 unspecified atom stereocenters. The highest BCUT2D eigenvalue weighted by Gasteiger charge is 2.68. The van der Waals surface area contributed by atoms with Crippen LogP contribution in [0.5, 0.6) is 11.5 Å². The Hall–Kier alpha value is -1.93. The number of aliphatic hydroxyl groups excluding tert-OH is 1. The third-order valence-electron chi connectivity index (χ3n) is 7.88. The van der Waals surface area contributed by atoms with Crippen LogP contribution in [0.3, 0.4) is 0 Å². The fraction of sp³-hybridized carbons (Fsp3) is 0.696. The number of alkyl halides is 2. The Labute approximate surface area is 181 Å². The molecule has 1 aromatic carbocycles. The zero-order valence-corrected chi connectivity index (χ0v) is 18.2. The molecule has 1 spiro atoms. The first-order valence-corrected chi connectivity index (χ1v) is 10.9. The topological polar surface area (TPSA) is 77.0 Å². The minimum atomic E-state index is -2.95. The molecule has 2 aliphatic carbocycles. The summed E-state index contributed by atoms with van der Waals surface area (Å²) in [5.41, 5.74) is 0.602. The molecule has 0 aromatic heterocycles. The number of ether oxygens (including phenoxy) is 3. The summed E-state index contributed by atoms with van der Waals surface area (Å²) in [6, 6.07) is 5.04. The SMILES string of the molecule is COc1ccc([C@H]2OCC[C@@]34C[C@@H](C[C@H]23)C(C)(C)[C@@H]4NC(=O)CCO)cc1OC(F)F. The van der Waals surface area contributed by atoms with Crippen molar-refractivity contribution in [3.05, 3.63) is 23.8 Å². The molecule has 1 saturated heterocycles. The molecule has 31 heavy (non-hydrogen) atoms. The van der Waals surface area contributed by atoms with E-state index in [9.17, 15) is 13.6 Å². The van der Waals surface area contributed by atoms with Crippen LogP contribution in [0, 0.1) is 22.7 Å². The van der Waals surface area contributed by atoms with Crippen molar-refractivity contribution in [1.82, 2.24) is 5.32 Å². The molecule has 3 fully saturated rings. The highest BCUT2D eigenvalue weighted by molar-refractivity contribution is 5.76. The third-order valence-corrected chi connectivity index (χ3v) is 7.88. The Morgan fingerprint density at radius 1 is 1.35 bits per heavy atom. The molecule has 2 saturated carbocycles. The molecule has 3 aliphatic rings. The first-order valence-electron chi connectivity index (χ1n) is 10.9. The van der Waals surface area contributed by atoms with Crippen LogP contribution in [0.1, 0.15) is 51.2 Å². The number of carbonyl (C=O) groups excluding carboxylic acids is 1. The van der Waals surface area contributed by atoms with Crippen molar-refractivity contribution in [2.75, 3.05) is 20.3 Å². The number of hydrogen-bond donors (Lipinski definition) is 2. The van der Waals surface area contributed by atoms with Gasteiger partial charge < -0.3 is 24.6 Å². The van der Waals surface area contributed by atoms with Gasteiger partial charge in [0, 0.05) is 19.1 Å². The van der Waals surface area contributed by atoms with E-state index in [0.29, 0.717) is 12.5 Å². The van der Waals surface area contributed by atoms with Crippen molar-refractivity contribution in [1.29, 1.82) is 0 Å². The van der Waals surface area contributed by atoms with Crippen molar-refractivity contribution >= 4 is 5.91 Å². The monoisotopic (exact) mass is 439 g/mol. The van der Waals surface area contributed by atoms with E-state index in [1.54, 1.807) is 12.1 Å². The predicted molar refractivity (Wildman–Crippen MR) is 109 cm³/mol. The lowest BCUT2D eigenvalue weighted by molar-refractivity contribution is -0.137. The Kier molecular flexibility index (Phi) is 5.89. The lowest BCUT2D eigenvalue weighted by atomic mass is 9.59. The van der Waals surface area contributed by atoms with Crippen molar-refractivity contribution in [2.45, 2.75) is 58.3 Å². The van der Waals surface area contributed by atoms with E-state index in [4.69, 9.17) is 14.6 Å². The molecule has 6 nitrogen and oxygen atoms in total. The number of fused-ring (bicyclic) bond motifs is 1. The largest absolute Gasteiger partial charge is 0.493 e. The van der Waals surface area contributed by atoms with Gasteiger partial charge in [-0.05, 0) is 59.6 Å². The molecule has 172 valence electrons. The van der Waals surface area contributed by atoms with Gasteiger partial charge in [0.2, 0.25) is 5.91 Å². The number of methoxy groups -OCH3 is 1. The summed E-state index contributed by atoms with van der Waals surface area (Å²) in [5, 5.41) is 12.4. The predicted octanol–water partition coefficient (Wildman–Crippen LogP) is 3.68. The van der Waals surface area contributed by atoms with E-state index in [0.717, 1.165) is 24.8 Å². The lowest BCUT2D eigenvalue weighted by Gasteiger charge is -2.53. The highest BCUT2D eigenvalue weighted by Crippen LogP contribution is 2.70. The summed E-state index contributed by atoms with van der Waals surface area (Å²) >= 11 is 0. The molecule has 2 bridgehead atoms. The van der Waals surface area contributed by atoms with E-state index in [1.807, 2.05) is 6.07 Å². The van der Waals surface area contributed by atoms with Gasteiger partial charge in [-0.2, -0.15) is 8.78 Å². The second kappa shape index (κ2) is 8.20. The van der Waals surface area contributed by atoms with Gasteiger partial charge in [-0.1, -0.05) is 19.9 Å². The second-order valence-corrected chi connectivity index (χ2v) is 9.60. The van der Waals surface area contributed by atoms with Crippen LogP contribution in [0.25, 0.3) is 0 Å². The Morgan fingerprint density at radius 2 is 2.13 bits per heavy atom. The van der Waals surface area contributed by atoms with Gasteiger partial charge >= 0.3 is 6.61 Å². The fourth-order valence-corrected chi connectivity index (χ4v) is 6.51. The third kappa shape index (κ3) is 3.67. The van der Waals surface area contributed by atoms with Gasteiger partial charge in [-0.3, -0.25) is 4.79 Å². The quantitative estimate of drug-likeness (QED) is 0.678.